The summed E-state index contributed by atoms with van der Waals surface area (Å²) >= 11 is 0. The van der Waals surface area contributed by atoms with Crippen molar-refractivity contribution in [2.45, 2.75) is 39.2 Å². The summed E-state index contributed by atoms with van der Waals surface area (Å²) in [6.45, 7) is 5.12. The Kier molecular flexibility index (Phi) is 3.94. The second-order valence-electron chi connectivity index (χ2n) is 4.57. The summed E-state index contributed by atoms with van der Waals surface area (Å²) in [5, 5.41) is 0. The molecule has 1 fully saturated rings. The van der Waals surface area contributed by atoms with E-state index in [9.17, 15) is 4.39 Å². The molecule has 1 aliphatic rings. The molecule has 1 aromatic carbocycles. The van der Waals surface area contributed by atoms with Gasteiger partial charge in [0, 0.05) is 12.1 Å². The first-order valence-electron chi connectivity index (χ1n) is 6.30. The predicted molar refractivity (Wildman–Crippen MR) is 64.9 cm³/mol. The average molecular weight is 221 g/mol. The molecule has 16 heavy (non-hydrogen) atoms. The molecular weight excluding hydrogens is 201 g/mol. The Morgan fingerprint density at radius 3 is 2.62 bits per heavy atom. The van der Waals surface area contributed by atoms with E-state index in [-0.39, 0.29) is 5.82 Å². The number of aryl methyl sites for hydroxylation is 1. The standard InChI is InChI=1S/C14H20FN/c1-2-12-7-6-8-14(15)13(12)11-16-9-4-3-5-10-16/h6-8H,2-5,9-11H2,1H3. The molecule has 2 heteroatoms. The lowest BCUT2D eigenvalue weighted by molar-refractivity contribution is 0.217. The van der Waals surface area contributed by atoms with E-state index in [0.717, 1.165) is 37.2 Å². The van der Waals surface area contributed by atoms with Crippen molar-refractivity contribution in [1.82, 2.24) is 4.90 Å². The van der Waals surface area contributed by atoms with Crippen molar-refractivity contribution in [2.75, 3.05) is 13.1 Å². The van der Waals surface area contributed by atoms with Crippen molar-refractivity contribution in [2.24, 2.45) is 0 Å². The zero-order valence-electron chi connectivity index (χ0n) is 10.0. The quantitative estimate of drug-likeness (QED) is 0.756. The highest BCUT2D eigenvalue weighted by Crippen LogP contribution is 2.19. The van der Waals surface area contributed by atoms with E-state index in [1.165, 1.54) is 19.3 Å². The molecule has 0 amide bonds. The molecular formula is C14H20FN. The van der Waals surface area contributed by atoms with Gasteiger partial charge in [-0.2, -0.15) is 0 Å². The van der Waals surface area contributed by atoms with Crippen molar-refractivity contribution in [3.8, 4) is 0 Å². The molecule has 0 N–H and O–H groups in total. The molecule has 1 aliphatic heterocycles. The molecule has 0 spiro atoms. The molecule has 0 aromatic heterocycles. The average Bonchev–Trinajstić information content (AvgIpc) is 2.33. The zero-order chi connectivity index (χ0) is 11.4. The van der Waals surface area contributed by atoms with Crippen molar-refractivity contribution < 1.29 is 4.39 Å². The third kappa shape index (κ3) is 2.62. The Balaban J connectivity index is 2.12. The summed E-state index contributed by atoms with van der Waals surface area (Å²) in [6.07, 6.45) is 4.77. The first-order chi connectivity index (χ1) is 7.81. The summed E-state index contributed by atoms with van der Waals surface area (Å²) in [6, 6.07) is 5.44. The Hall–Kier alpha value is -0.890. The van der Waals surface area contributed by atoms with Crippen LogP contribution < -0.4 is 0 Å². The summed E-state index contributed by atoms with van der Waals surface area (Å²) < 4.78 is 13.8. The zero-order valence-corrected chi connectivity index (χ0v) is 10.0. The number of rotatable bonds is 3. The van der Waals surface area contributed by atoms with Crippen LogP contribution in [0.3, 0.4) is 0 Å². The Bertz CT molecular complexity index is 343. The normalized spacial score (nSPS) is 17.6. The van der Waals surface area contributed by atoms with Gasteiger partial charge in [-0.25, -0.2) is 4.39 Å². The molecule has 0 unspecified atom stereocenters. The Labute approximate surface area is 97.3 Å². The maximum absolute atomic E-state index is 13.8. The molecule has 1 nitrogen and oxygen atoms in total. The molecule has 1 saturated heterocycles. The van der Waals surface area contributed by atoms with Gasteiger partial charge in [-0.1, -0.05) is 25.5 Å². The monoisotopic (exact) mass is 221 g/mol. The molecule has 1 aromatic rings. The molecule has 0 bridgehead atoms. The molecule has 0 radical (unpaired) electrons. The van der Waals surface area contributed by atoms with E-state index in [1.807, 2.05) is 12.1 Å². The molecule has 2 rings (SSSR count). The van der Waals surface area contributed by atoms with Crippen LogP contribution in [0.15, 0.2) is 18.2 Å². The van der Waals surface area contributed by atoms with Crippen LogP contribution in [0.2, 0.25) is 0 Å². The second kappa shape index (κ2) is 5.44. The van der Waals surface area contributed by atoms with Gasteiger partial charge in [-0.05, 0) is 44.0 Å². The van der Waals surface area contributed by atoms with E-state index in [1.54, 1.807) is 6.07 Å². The number of benzene rings is 1. The van der Waals surface area contributed by atoms with Crippen molar-refractivity contribution in [3.05, 3.63) is 35.1 Å². The highest BCUT2D eigenvalue weighted by molar-refractivity contribution is 5.28. The van der Waals surface area contributed by atoms with Crippen LogP contribution in [0.4, 0.5) is 4.39 Å². The van der Waals surface area contributed by atoms with Gasteiger partial charge in [-0.3, -0.25) is 4.90 Å². The number of nitrogens with zero attached hydrogens (tertiary/aromatic N) is 1. The van der Waals surface area contributed by atoms with Crippen molar-refractivity contribution in [3.63, 3.8) is 0 Å². The van der Waals surface area contributed by atoms with E-state index < -0.39 is 0 Å². The van der Waals surface area contributed by atoms with Crippen LogP contribution in [0.1, 0.15) is 37.3 Å². The number of hydrogen-bond acceptors (Lipinski definition) is 1. The maximum atomic E-state index is 13.8. The van der Waals surface area contributed by atoms with Crippen molar-refractivity contribution >= 4 is 0 Å². The fraction of sp³-hybridized carbons (Fsp3) is 0.571. The minimum absolute atomic E-state index is 0.0371. The number of likely N-dealkylation sites (tertiary alicyclic amines) is 1. The van der Waals surface area contributed by atoms with Gasteiger partial charge in [0.1, 0.15) is 5.82 Å². The van der Waals surface area contributed by atoms with Gasteiger partial charge < -0.3 is 0 Å². The fourth-order valence-corrected chi connectivity index (χ4v) is 2.45. The predicted octanol–water partition coefficient (Wildman–Crippen LogP) is 3.37. The summed E-state index contributed by atoms with van der Waals surface area (Å²) in [5.74, 6) is -0.0371. The lowest BCUT2D eigenvalue weighted by Gasteiger charge is -2.27. The first-order valence-corrected chi connectivity index (χ1v) is 6.30. The first kappa shape index (κ1) is 11.6. The molecule has 0 atom stereocenters. The topological polar surface area (TPSA) is 3.24 Å². The highest BCUT2D eigenvalue weighted by atomic mass is 19.1. The van der Waals surface area contributed by atoms with Crippen LogP contribution in [0, 0.1) is 5.82 Å². The van der Waals surface area contributed by atoms with E-state index in [4.69, 9.17) is 0 Å². The smallest absolute Gasteiger partial charge is 0.127 e. The molecule has 88 valence electrons. The minimum Gasteiger partial charge on any atom is -0.299 e. The van der Waals surface area contributed by atoms with Gasteiger partial charge >= 0.3 is 0 Å². The number of piperidine rings is 1. The van der Waals surface area contributed by atoms with Crippen molar-refractivity contribution in [1.29, 1.82) is 0 Å². The Morgan fingerprint density at radius 2 is 1.94 bits per heavy atom. The number of hydrogen-bond donors (Lipinski definition) is 0. The maximum Gasteiger partial charge on any atom is 0.127 e. The van der Waals surface area contributed by atoms with Gasteiger partial charge in [0.25, 0.3) is 0 Å². The largest absolute Gasteiger partial charge is 0.299 e. The second-order valence-corrected chi connectivity index (χ2v) is 4.57. The SMILES string of the molecule is CCc1cccc(F)c1CN1CCCCC1. The van der Waals surface area contributed by atoms with E-state index in [0.29, 0.717) is 0 Å². The van der Waals surface area contributed by atoms with Crippen LogP contribution in [-0.2, 0) is 13.0 Å². The third-order valence-electron chi connectivity index (χ3n) is 3.43. The van der Waals surface area contributed by atoms with Crippen LogP contribution in [0.5, 0.6) is 0 Å². The molecule has 0 aliphatic carbocycles. The number of halogens is 1. The van der Waals surface area contributed by atoms with Crippen LogP contribution >= 0.6 is 0 Å². The van der Waals surface area contributed by atoms with Gasteiger partial charge in [0.05, 0.1) is 0 Å². The lowest BCUT2D eigenvalue weighted by atomic mass is 10.0. The fourth-order valence-electron chi connectivity index (χ4n) is 2.45. The van der Waals surface area contributed by atoms with E-state index >= 15 is 0 Å². The minimum atomic E-state index is -0.0371. The molecule has 1 heterocycles. The molecule has 0 saturated carbocycles. The lowest BCUT2D eigenvalue weighted by Crippen LogP contribution is -2.29. The van der Waals surface area contributed by atoms with Gasteiger partial charge in [0.2, 0.25) is 0 Å². The van der Waals surface area contributed by atoms with E-state index in [2.05, 4.69) is 11.8 Å². The summed E-state index contributed by atoms with van der Waals surface area (Å²) in [4.78, 5) is 2.38. The van der Waals surface area contributed by atoms with Crippen LogP contribution in [0.25, 0.3) is 0 Å². The summed E-state index contributed by atoms with van der Waals surface area (Å²) in [7, 11) is 0. The van der Waals surface area contributed by atoms with Gasteiger partial charge in [0.15, 0.2) is 0 Å². The Morgan fingerprint density at radius 1 is 1.19 bits per heavy atom. The third-order valence-corrected chi connectivity index (χ3v) is 3.43. The highest BCUT2D eigenvalue weighted by Gasteiger charge is 2.14. The van der Waals surface area contributed by atoms with Crippen LogP contribution in [-0.4, -0.2) is 18.0 Å². The summed E-state index contributed by atoms with van der Waals surface area (Å²) in [5.41, 5.74) is 2.07. The van der Waals surface area contributed by atoms with Gasteiger partial charge in [-0.15, -0.1) is 0 Å².